The van der Waals surface area contributed by atoms with Gasteiger partial charge in [-0.2, -0.15) is 0 Å². The Kier molecular flexibility index (Phi) is 12.2. The van der Waals surface area contributed by atoms with E-state index in [0.29, 0.717) is 39.5 Å². The highest BCUT2D eigenvalue weighted by atomic mass is 127. The third-order valence-electron chi connectivity index (χ3n) is 4.91. The van der Waals surface area contributed by atoms with E-state index in [2.05, 4.69) is 40.3 Å². The highest BCUT2D eigenvalue weighted by Crippen LogP contribution is 2.24. The van der Waals surface area contributed by atoms with Crippen molar-refractivity contribution in [2.24, 2.45) is 16.8 Å². The van der Waals surface area contributed by atoms with Crippen LogP contribution in [-0.4, -0.2) is 63.9 Å². The Morgan fingerprint density at radius 2 is 1.97 bits per heavy atom. The number of hydrogen-bond acceptors (Lipinski definition) is 5. The summed E-state index contributed by atoms with van der Waals surface area (Å²) in [6.07, 6.45) is 0. The number of ether oxygens (including phenoxy) is 3. The second-order valence-electron chi connectivity index (χ2n) is 6.98. The zero-order valence-electron chi connectivity index (χ0n) is 17.8. The number of guanidine groups is 1. The predicted molar refractivity (Wildman–Crippen MR) is 124 cm³/mol. The van der Waals surface area contributed by atoms with Gasteiger partial charge in [0.2, 0.25) is 0 Å². The van der Waals surface area contributed by atoms with Gasteiger partial charge in [0.1, 0.15) is 0 Å². The number of carbonyl (C=O) groups is 1. The number of aliphatic imine (C=N–C) groups is 1. The monoisotopic (exact) mass is 519 g/mol. The number of halogens is 1. The van der Waals surface area contributed by atoms with E-state index in [1.54, 1.807) is 7.05 Å². The van der Waals surface area contributed by atoms with E-state index in [9.17, 15) is 4.79 Å². The number of benzene rings is 1. The molecule has 1 saturated heterocycles. The molecule has 0 saturated carbocycles. The lowest BCUT2D eigenvalue weighted by atomic mass is 9.99. The van der Waals surface area contributed by atoms with Gasteiger partial charge in [0.15, 0.2) is 5.96 Å². The number of carbonyl (C=O) groups excluding carboxylic acids is 1. The highest BCUT2D eigenvalue weighted by Gasteiger charge is 2.36. The van der Waals surface area contributed by atoms with Crippen molar-refractivity contribution < 1.29 is 19.0 Å². The van der Waals surface area contributed by atoms with Crippen molar-refractivity contribution in [1.82, 2.24) is 10.2 Å². The molecule has 164 valence electrons. The quantitative estimate of drug-likeness (QED) is 0.178. The molecule has 1 aromatic carbocycles. The number of likely N-dealkylation sites (tertiary alicyclic amines) is 1. The first-order valence-corrected chi connectivity index (χ1v) is 9.85. The normalized spacial score (nSPS) is 19.0. The maximum absolute atomic E-state index is 11.9. The summed E-state index contributed by atoms with van der Waals surface area (Å²) >= 11 is 0. The van der Waals surface area contributed by atoms with E-state index in [1.165, 1.54) is 7.11 Å². The predicted octanol–water partition coefficient (Wildman–Crippen LogP) is 2.67. The molecule has 1 heterocycles. The largest absolute Gasteiger partial charge is 0.469 e. The number of nitrogens with one attached hydrogen (secondary N) is 1. The van der Waals surface area contributed by atoms with Crippen molar-refractivity contribution in [3.8, 4) is 0 Å². The Bertz CT molecular complexity index is 657. The molecule has 1 N–H and O–H groups in total. The van der Waals surface area contributed by atoms with Crippen LogP contribution >= 0.6 is 24.0 Å². The highest BCUT2D eigenvalue weighted by molar-refractivity contribution is 14.0. The minimum Gasteiger partial charge on any atom is -0.469 e. The standard InChI is InChI=1S/C21H33N3O4.HI/c1-5-27-9-10-28-15-18-8-6-7-17(11-18)12-23-21(22-3)24-13-16(2)19(14-24)20(25)26-4;/h6-8,11,16,19H,5,9-10,12-15H2,1-4H3,(H,22,23);1H. The van der Waals surface area contributed by atoms with Gasteiger partial charge in [0.25, 0.3) is 0 Å². The van der Waals surface area contributed by atoms with Crippen molar-refractivity contribution in [2.75, 3.05) is 47.1 Å². The number of rotatable bonds is 9. The van der Waals surface area contributed by atoms with Crippen LogP contribution < -0.4 is 5.32 Å². The maximum atomic E-state index is 11.9. The van der Waals surface area contributed by atoms with Gasteiger partial charge >= 0.3 is 5.97 Å². The lowest BCUT2D eigenvalue weighted by Crippen LogP contribution is -2.40. The van der Waals surface area contributed by atoms with Crippen molar-refractivity contribution in [3.05, 3.63) is 35.4 Å². The minimum absolute atomic E-state index is 0. The Morgan fingerprint density at radius 1 is 1.24 bits per heavy atom. The first-order chi connectivity index (χ1) is 13.6. The zero-order chi connectivity index (χ0) is 20.4. The maximum Gasteiger partial charge on any atom is 0.310 e. The molecule has 0 bridgehead atoms. The molecule has 2 atom stereocenters. The van der Waals surface area contributed by atoms with E-state index in [4.69, 9.17) is 14.2 Å². The van der Waals surface area contributed by atoms with Gasteiger partial charge in [0.05, 0.1) is 32.8 Å². The Morgan fingerprint density at radius 3 is 2.66 bits per heavy atom. The molecular weight excluding hydrogens is 485 g/mol. The van der Waals surface area contributed by atoms with Gasteiger partial charge in [-0.25, -0.2) is 0 Å². The molecule has 0 aromatic heterocycles. The van der Waals surface area contributed by atoms with Gasteiger partial charge in [-0.05, 0) is 24.0 Å². The summed E-state index contributed by atoms with van der Waals surface area (Å²) in [5, 5.41) is 3.40. The number of nitrogens with zero attached hydrogens (tertiary/aromatic N) is 2. The average molecular weight is 519 g/mol. The first-order valence-electron chi connectivity index (χ1n) is 9.85. The Balaban J connectivity index is 0.00000420. The van der Waals surface area contributed by atoms with Crippen LogP contribution in [0.15, 0.2) is 29.3 Å². The molecular formula is C21H34IN3O4. The number of hydrogen-bond donors (Lipinski definition) is 1. The molecule has 2 unspecified atom stereocenters. The van der Waals surface area contributed by atoms with Crippen LogP contribution in [0.5, 0.6) is 0 Å². The lowest BCUT2D eigenvalue weighted by Gasteiger charge is -2.21. The third kappa shape index (κ3) is 8.10. The van der Waals surface area contributed by atoms with Crippen LogP contribution in [0.2, 0.25) is 0 Å². The molecule has 0 amide bonds. The zero-order valence-corrected chi connectivity index (χ0v) is 20.2. The molecule has 0 radical (unpaired) electrons. The van der Waals surface area contributed by atoms with Gasteiger partial charge < -0.3 is 24.4 Å². The van der Waals surface area contributed by atoms with E-state index in [0.717, 1.165) is 23.6 Å². The molecule has 1 aliphatic heterocycles. The SMILES string of the molecule is CCOCCOCc1cccc(CNC(=NC)N2CC(C)C(C(=O)OC)C2)c1.I. The van der Waals surface area contributed by atoms with Crippen LogP contribution in [0.3, 0.4) is 0 Å². The number of methoxy groups -OCH3 is 1. The second kappa shape index (κ2) is 13.8. The molecule has 1 aromatic rings. The van der Waals surface area contributed by atoms with Crippen LogP contribution in [-0.2, 0) is 32.2 Å². The Hall–Kier alpha value is -1.39. The average Bonchev–Trinajstić information content (AvgIpc) is 3.09. The number of esters is 1. The van der Waals surface area contributed by atoms with E-state index in [1.807, 2.05) is 13.0 Å². The van der Waals surface area contributed by atoms with E-state index < -0.39 is 0 Å². The summed E-state index contributed by atoms with van der Waals surface area (Å²) in [7, 11) is 3.21. The summed E-state index contributed by atoms with van der Waals surface area (Å²) < 4.78 is 15.8. The van der Waals surface area contributed by atoms with Crippen molar-refractivity contribution in [3.63, 3.8) is 0 Å². The van der Waals surface area contributed by atoms with E-state index >= 15 is 0 Å². The van der Waals surface area contributed by atoms with Gasteiger partial charge in [0, 0.05) is 33.3 Å². The summed E-state index contributed by atoms with van der Waals surface area (Å²) in [4.78, 5) is 18.4. The Labute approximate surface area is 191 Å². The molecule has 0 spiro atoms. The molecule has 2 rings (SSSR count). The molecule has 7 nitrogen and oxygen atoms in total. The van der Waals surface area contributed by atoms with Gasteiger partial charge in [-0.1, -0.05) is 31.2 Å². The molecule has 8 heteroatoms. The molecule has 1 aliphatic rings. The van der Waals surface area contributed by atoms with Crippen molar-refractivity contribution in [1.29, 1.82) is 0 Å². The topological polar surface area (TPSA) is 72.4 Å². The van der Waals surface area contributed by atoms with Crippen LogP contribution in [0.25, 0.3) is 0 Å². The van der Waals surface area contributed by atoms with Crippen molar-refractivity contribution >= 4 is 35.9 Å². The third-order valence-corrected chi connectivity index (χ3v) is 4.91. The summed E-state index contributed by atoms with van der Waals surface area (Å²) in [6, 6.07) is 8.30. The fourth-order valence-electron chi connectivity index (χ4n) is 3.39. The van der Waals surface area contributed by atoms with Crippen LogP contribution in [0, 0.1) is 11.8 Å². The smallest absolute Gasteiger partial charge is 0.310 e. The fourth-order valence-corrected chi connectivity index (χ4v) is 3.39. The van der Waals surface area contributed by atoms with Crippen LogP contribution in [0.1, 0.15) is 25.0 Å². The fraction of sp³-hybridized carbons (Fsp3) is 0.619. The van der Waals surface area contributed by atoms with Gasteiger partial charge in [-0.3, -0.25) is 9.79 Å². The molecule has 29 heavy (non-hydrogen) atoms. The van der Waals surface area contributed by atoms with Gasteiger partial charge in [-0.15, -0.1) is 24.0 Å². The second-order valence-corrected chi connectivity index (χ2v) is 6.98. The summed E-state index contributed by atoms with van der Waals surface area (Å²) in [5.41, 5.74) is 2.29. The van der Waals surface area contributed by atoms with E-state index in [-0.39, 0.29) is 41.8 Å². The molecule has 0 aliphatic carbocycles. The summed E-state index contributed by atoms with van der Waals surface area (Å²) in [5.74, 6) is 0.781. The first kappa shape index (κ1) is 25.6. The molecule has 1 fully saturated rings. The lowest BCUT2D eigenvalue weighted by molar-refractivity contribution is -0.145. The van der Waals surface area contributed by atoms with Crippen molar-refractivity contribution in [2.45, 2.75) is 27.0 Å². The minimum atomic E-state index is -0.150. The van der Waals surface area contributed by atoms with Crippen LogP contribution in [0.4, 0.5) is 0 Å². The summed E-state index contributed by atoms with van der Waals surface area (Å²) in [6.45, 7) is 8.61.